The number of likely N-dealkylation sites (tertiary alicyclic amines) is 1. The number of nitrogens with two attached hydrogens (primary N) is 1. The molecule has 3 N–H and O–H groups in total. The van der Waals surface area contributed by atoms with Crippen molar-refractivity contribution in [1.29, 1.82) is 0 Å². The third-order valence-electron chi connectivity index (χ3n) is 7.54. The maximum absolute atomic E-state index is 12.8. The molecule has 4 rings (SSSR count). The second-order valence-electron chi connectivity index (χ2n) is 9.98. The van der Waals surface area contributed by atoms with Gasteiger partial charge in [0.05, 0.1) is 12.2 Å². The second-order valence-corrected chi connectivity index (χ2v) is 9.98. The van der Waals surface area contributed by atoms with Crippen LogP contribution in [0, 0.1) is 11.8 Å². The number of piperazine rings is 1. The number of rotatable bonds is 8. The Bertz CT molecular complexity index is 1050. The molecule has 2 aliphatic heterocycles. The topological polar surface area (TPSA) is 99.7 Å². The summed E-state index contributed by atoms with van der Waals surface area (Å²) in [5.74, 6) is 2.00. The predicted octanol–water partition coefficient (Wildman–Crippen LogP) is 0.558. The van der Waals surface area contributed by atoms with Crippen LogP contribution in [0.25, 0.3) is 5.69 Å². The number of carbonyl (C=O) groups excluding carboxylic acids is 1. The van der Waals surface area contributed by atoms with Gasteiger partial charge in [-0.25, -0.2) is 4.79 Å². The summed E-state index contributed by atoms with van der Waals surface area (Å²) in [5, 5.41) is 2.90. The molecule has 0 bridgehead atoms. The van der Waals surface area contributed by atoms with Gasteiger partial charge in [0.2, 0.25) is 5.91 Å². The molecule has 0 spiro atoms. The summed E-state index contributed by atoms with van der Waals surface area (Å²) in [6.07, 6.45) is 2.76. The maximum Gasteiger partial charge on any atom is 0.354 e. The second kappa shape index (κ2) is 11.3. The normalized spacial score (nSPS) is 21.9. The fourth-order valence-electron chi connectivity index (χ4n) is 5.22. The molecule has 190 valence electrons. The minimum absolute atomic E-state index is 0.100. The Kier molecular flexibility index (Phi) is 8.20. The van der Waals surface area contributed by atoms with Crippen molar-refractivity contribution in [2.45, 2.75) is 26.3 Å². The number of aromatic nitrogens is 2. The van der Waals surface area contributed by atoms with E-state index in [1.165, 1.54) is 5.56 Å². The van der Waals surface area contributed by atoms with Crippen LogP contribution in [0.15, 0.2) is 41.3 Å². The van der Waals surface area contributed by atoms with Crippen molar-refractivity contribution in [1.82, 2.24) is 24.7 Å². The van der Waals surface area contributed by atoms with E-state index < -0.39 is 0 Å². The van der Waals surface area contributed by atoms with Crippen LogP contribution in [-0.4, -0.2) is 90.7 Å². The third kappa shape index (κ3) is 5.91. The Hall–Kier alpha value is -2.75. The van der Waals surface area contributed by atoms with Crippen molar-refractivity contribution < 1.29 is 4.79 Å². The van der Waals surface area contributed by atoms with E-state index in [-0.39, 0.29) is 11.6 Å². The number of carbonyl (C=O) groups is 1. The van der Waals surface area contributed by atoms with Crippen LogP contribution in [0.1, 0.15) is 19.4 Å². The first-order valence-corrected chi connectivity index (χ1v) is 12.7. The highest BCUT2D eigenvalue weighted by Crippen LogP contribution is 2.25. The Morgan fingerprint density at radius 1 is 1.14 bits per heavy atom. The molecule has 35 heavy (non-hydrogen) atoms. The van der Waals surface area contributed by atoms with Gasteiger partial charge in [0.25, 0.3) is 0 Å². The van der Waals surface area contributed by atoms with Crippen molar-refractivity contribution in [3.63, 3.8) is 0 Å². The SMILES string of the molecule is CNCC(=O)N1CCN(c2ccn(-c3ccc(CC(C)N4CC(C)[C@H](CN)C4)cc3)c(=O)n2)CC1. The molecule has 0 saturated carbocycles. The van der Waals surface area contributed by atoms with Crippen LogP contribution in [0.2, 0.25) is 0 Å². The van der Waals surface area contributed by atoms with Gasteiger partial charge < -0.3 is 20.9 Å². The van der Waals surface area contributed by atoms with Gasteiger partial charge in [0, 0.05) is 51.5 Å². The average molecular weight is 482 g/mol. The van der Waals surface area contributed by atoms with Crippen molar-refractivity contribution in [2.75, 3.05) is 64.3 Å². The Labute approximate surface area is 207 Å². The summed E-state index contributed by atoms with van der Waals surface area (Å²) in [6, 6.07) is 10.5. The van der Waals surface area contributed by atoms with Crippen LogP contribution in [0.5, 0.6) is 0 Å². The molecule has 9 nitrogen and oxygen atoms in total. The zero-order valence-corrected chi connectivity index (χ0v) is 21.2. The van der Waals surface area contributed by atoms with Gasteiger partial charge in [-0.15, -0.1) is 0 Å². The van der Waals surface area contributed by atoms with Crippen LogP contribution < -0.4 is 21.6 Å². The minimum Gasteiger partial charge on any atom is -0.353 e. The molecule has 1 amide bonds. The van der Waals surface area contributed by atoms with Crippen molar-refractivity contribution in [3.8, 4) is 5.69 Å². The summed E-state index contributed by atoms with van der Waals surface area (Å²) in [6.45, 7) is 10.5. The molecule has 3 atom stereocenters. The third-order valence-corrected chi connectivity index (χ3v) is 7.54. The Morgan fingerprint density at radius 3 is 2.46 bits per heavy atom. The highest BCUT2D eigenvalue weighted by Gasteiger charge is 2.31. The lowest BCUT2D eigenvalue weighted by Crippen LogP contribution is -2.51. The lowest BCUT2D eigenvalue weighted by Gasteiger charge is -2.35. The first-order chi connectivity index (χ1) is 16.9. The number of anilines is 1. The molecule has 2 aliphatic rings. The molecule has 1 aromatic heterocycles. The van der Waals surface area contributed by atoms with Crippen LogP contribution in [0.3, 0.4) is 0 Å². The largest absolute Gasteiger partial charge is 0.354 e. The van der Waals surface area contributed by atoms with E-state index >= 15 is 0 Å². The van der Waals surface area contributed by atoms with Crippen molar-refractivity contribution in [2.24, 2.45) is 17.6 Å². The first kappa shape index (κ1) is 25.3. The Morgan fingerprint density at radius 2 is 1.86 bits per heavy atom. The number of nitrogens with zero attached hydrogens (tertiary/aromatic N) is 5. The number of amides is 1. The summed E-state index contributed by atoms with van der Waals surface area (Å²) in [7, 11) is 1.77. The van der Waals surface area contributed by atoms with E-state index in [1.807, 2.05) is 23.1 Å². The molecule has 0 radical (unpaired) electrons. The fraction of sp³-hybridized carbons (Fsp3) is 0.577. The molecular weight excluding hydrogens is 442 g/mol. The minimum atomic E-state index is -0.295. The number of benzene rings is 1. The van der Waals surface area contributed by atoms with Crippen LogP contribution >= 0.6 is 0 Å². The lowest BCUT2D eigenvalue weighted by atomic mass is 9.99. The lowest BCUT2D eigenvalue weighted by molar-refractivity contribution is -0.130. The molecule has 2 fully saturated rings. The molecule has 2 saturated heterocycles. The zero-order valence-electron chi connectivity index (χ0n) is 21.2. The molecular formula is C26H39N7O2. The number of hydrogen-bond acceptors (Lipinski definition) is 7. The van der Waals surface area contributed by atoms with E-state index in [0.29, 0.717) is 56.4 Å². The monoisotopic (exact) mass is 481 g/mol. The number of hydrogen-bond donors (Lipinski definition) is 2. The Balaban J connectivity index is 1.36. The summed E-state index contributed by atoms with van der Waals surface area (Å²) in [5.41, 5.74) is 7.70. The molecule has 9 heteroatoms. The van der Waals surface area contributed by atoms with Gasteiger partial charge in [0.1, 0.15) is 5.82 Å². The van der Waals surface area contributed by atoms with E-state index in [0.717, 1.165) is 31.7 Å². The van der Waals surface area contributed by atoms with Gasteiger partial charge in [-0.05, 0) is 62.5 Å². The molecule has 2 unspecified atom stereocenters. The van der Waals surface area contributed by atoms with E-state index in [1.54, 1.807) is 17.8 Å². The zero-order chi connectivity index (χ0) is 24.9. The van der Waals surface area contributed by atoms with Crippen LogP contribution in [0.4, 0.5) is 5.82 Å². The van der Waals surface area contributed by atoms with Crippen LogP contribution in [-0.2, 0) is 11.2 Å². The highest BCUT2D eigenvalue weighted by molar-refractivity contribution is 5.78. The highest BCUT2D eigenvalue weighted by atomic mass is 16.2. The van der Waals surface area contributed by atoms with Crippen molar-refractivity contribution >= 4 is 11.7 Å². The van der Waals surface area contributed by atoms with E-state index in [9.17, 15) is 9.59 Å². The quantitative estimate of drug-likeness (QED) is 0.568. The molecule has 2 aromatic rings. The smallest absolute Gasteiger partial charge is 0.353 e. The average Bonchev–Trinajstić information content (AvgIpc) is 3.25. The van der Waals surface area contributed by atoms with E-state index in [2.05, 4.69) is 46.1 Å². The molecule has 1 aromatic carbocycles. The van der Waals surface area contributed by atoms with E-state index in [4.69, 9.17) is 5.73 Å². The maximum atomic E-state index is 12.8. The summed E-state index contributed by atoms with van der Waals surface area (Å²) in [4.78, 5) is 35.6. The first-order valence-electron chi connectivity index (χ1n) is 12.7. The molecule has 3 heterocycles. The van der Waals surface area contributed by atoms with Crippen molar-refractivity contribution in [3.05, 3.63) is 52.6 Å². The molecule has 0 aliphatic carbocycles. The summed E-state index contributed by atoms with van der Waals surface area (Å²) >= 11 is 0. The fourth-order valence-corrected chi connectivity index (χ4v) is 5.22. The van der Waals surface area contributed by atoms with Gasteiger partial charge in [0.15, 0.2) is 0 Å². The predicted molar refractivity (Wildman–Crippen MR) is 139 cm³/mol. The van der Waals surface area contributed by atoms with Gasteiger partial charge in [-0.2, -0.15) is 4.98 Å². The van der Waals surface area contributed by atoms with Gasteiger partial charge in [-0.1, -0.05) is 19.1 Å². The van der Waals surface area contributed by atoms with Gasteiger partial charge in [-0.3, -0.25) is 14.3 Å². The number of likely N-dealkylation sites (N-methyl/N-ethyl adjacent to an activating group) is 1. The summed E-state index contributed by atoms with van der Waals surface area (Å²) < 4.78 is 1.58. The van der Waals surface area contributed by atoms with Gasteiger partial charge >= 0.3 is 5.69 Å². The number of nitrogens with one attached hydrogen (secondary N) is 1. The standard InChI is InChI=1S/C26H39N7O2/c1-19-17-32(18-22(19)15-27)20(2)14-21-4-6-23(7-5-21)33-9-8-24(29-26(33)35)30-10-12-31(13-11-30)25(34)16-28-3/h4-9,19-20,22,28H,10-18,27H2,1-3H3/t19?,20?,22-/m1/s1.